The smallest absolute Gasteiger partial charge is 0.262 e. The number of fused-ring (bicyclic) bond motifs is 1. The number of nitrogens with zero attached hydrogens (tertiary/aromatic N) is 1. The average Bonchev–Trinajstić information content (AvgIpc) is 2.89. The lowest BCUT2D eigenvalue weighted by Gasteiger charge is -2.27. The molecular formula is C19H24N4O4. The van der Waals surface area contributed by atoms with Crippen LogP contribution < -0.4 is 16.4 Å². The van der Waals surface area contributed by atoms with E-state index in [4.69, 9.17) is 5.73 Å². The Labute approximate surface area is 157 Å². The fourth-order valence-electron chi connectivity index (χ4n) is 3.45. The summed E-state index contributed by atoms with van der Waals surface area (Å²) in [6.45, 7) is 3.29. The maximum atomic E-state index is 12.8. The average molecular weight is 372 g/mol. The number of nitrogens with one attached hydrogen (secondary N) is 2. The third-order valence-corrected chi connectivity index (χ3v) is 5.00. The van der Waals surface area contributed by atoms with E-state index in [2.05, 4.69) is 17.6 Å². The normalized spacial score (nSPS) is 20.7. The molecule has 4 N–H and O–H groups in total. The van der Waals surface area contributed by atoms with Crippen molar-refractivity contribution in [1.82, 2.24) is 15.5 Å². The fraction of sp³-hybridized carbons (Fsp3) is 0.474. The van der Waals surface area contributed by atoms with Crippen LogP contribution in [0.1, 0.15) is 58.9 Å². The molecular weight excluding hydrogens is 348 g/mol. The molecule has 2 aliphatic heterocycles. The van der Waals surface area contributed by atoms with E-state index < -0.39 is 23.8 Å². The molecule has 27 heavy (non-hydrogen) atoms. The minimum atomic E-state index is -0.937. The molecule has 4 amide bonds. The van der Waals surface area contributed by atoms with Gasteiger partial charge < -0.3 is 11.1 Å². The molecule has 2 unspecified atom stereocenters. The lowest BCUT2D eigenvalue weighted by Crippen LogP contribution is -2.54. The number of imide groups is 2. The van der Waals surface area contributed by atoms with Gasteiger partial charge in [0.2, 0.25) is 11.8 Å². The van der Waals surface area contributed by atoms with Crippen LogP contribution in [0.3, 0.4) is 0 Å². The van der Waals surface area contributed by atoms with Gasteiger partial charge in [-0.2, -0.15) is 0 Å². The first kappa shape index (κ1) is 19.2. The minimum Gasteiger partial charge on any atom is -0.330 e. The fourth-order valence-corrected chi connectivity index (χ4v) is 3.45. The number of rotatable bonds is 7. The van der Waals surface area contributed by atoms with Gasteiger partial charge in [-0.05, 0) is 50.4 Å². The monoisotopic (exact) mass is 372 g/mol. The zero-order chi connectivity index (χ0) is 19.6. The quantitative estimate of drug-likeness (QED) is 0.592. The summed E-state index contributed by atoms with van der Waals surface area (Å²) in [5.74, 6) is -1.95. The molecule has 1 fully saturated rings. The van der Waals surface area contributed by atoms with E-state index in [-0.39, 0.29) is 18.7 Å². The van der Waals surface area contributed by atoms with E-state index in [9.17, 15) is 19.2 Å². The number of hydrogen-bond donors (Lipinski definition) is 3. The van der Waals surface area contributed by atoms with Crippen molar-refractivity contribution in [3.63, 3.8) is 0 Å². The maximum absolute atomic E-state index is 12.8. The molecule has 3 rings (SSSR count). The number of benzene rings is 1. The maximum Gasteiger partial charge on any atom is 0.262 e. The van der Waals surface area contributed by atoms with Crippen LogP contribution in [0, 0.1) is 0 Å². The number of amides is 4. The Hall–Kier alpha value is -2.58. The number of piperidine rings is 1. The van der Waals surface area contributed by atoms with Gasteiger partial charge >= 0.3 is 0 Å². The first-order chi connectivity index (χ1) is 12.9. The predicted molar refractivity (Wildman–Crippen MR) is 97.7 cm³/mol. The van der Waals surface area contributed by atoms with Crippen LogP contribution in [-0.2, 0) is 16.1 Å². The zero-order valence-corrected chi connectivity index (χ0v) is 15.3. The molecule has 2 aliphatic rings. The molecule has 1 aromatic rings. The number of hydrogen-bond acceptors (Lipinski definition) is 6. The van der Waals surface area contributed by atoms with Crippen molar-refractivity contribution in [2.75, 3.05) is 6.54 Å². The number of carbonyl (C=O) groups is 4. The van der Waals surface area contributed by atoms with Gasteiger partial charge in [-0.25, -0.2) is 0 Å². The number of nitrogens with two attached hydrogens (primary N) is 1. The van der Waals surface area contributed by atoms with Crippen LogP contribution in [0.15, 0.2) is 18.2 Å². The molecule has 0 saturated carbocycles. The van der Waals surface area contributed by atoms with Crippen LogP contribution in [0.2, 0.25) is 0 Å². The van der Waals surface area contributed by atoms with Crippen molar-refractivity contribution >= 4 is 23.6 Å². The summed E-state index contributed by atoms with van der Waals surface area (Å²) in [7, 11) is 0. The molecule has 0 aliphatic carbocycles. The Bertz CT molecular complexity index is 792. The van der Waals surface area contributed by atoms with E-state index in [0.29, 0.717) is 30.3 Å². The SMILES string of the molecule is CC(CCCN)NCc1ccc2c(c1)C(=O)N(C1CCC(=O)NC1=O)C2=O. The highest BCUT2D eigenvalue weighted by molar-refractivity contribution is 6.23. The summed E-state index contributed by atoms with van der Waals surface area (Å²) in [5.41, 5.74) is 7.01. The van der Waals surface area contributed by atoms with Gasteiger partial charge in [-0.3, -0.25) is 29.4 Å². The summed E-state index contributed by atoms with van der Waals surface area (Å²) in [4.78, 5) is 49.8. The van der Waals surface area contributed by atoms with Crippen LogP contribution >= 0.6 is 0 Å². The van der Waals surface area contributed by atoms with Crippen molar-refractivity contribution in [2.45, 2.75) is 51.2 Å². The molecule has 0 radical (unpaired) electrons. The van der Waals surface area contributed by atoms with Crippen molar-refractivity contribution < 1.29 is 19.2 Å². The summed E-state index contributed by atoms with van der Waals surface area (Å²) in [6, 6.07) is 4.49. The van der Waals surface area contributed by atoms with Crippen molar-refractivity contribution in [1.29, 1.82) is 0 Å². The highest BCUT2D eigenvalue weighted by atomic mass is 16.2. The third kappa shape index (κ3) is 3.91. The molecule has 8 heteroatoms. The van der Waals surface area contributed by atoms with E-state index in [0.717, 1.165) is 23.3 Å². The molecule has 0 bridgehead atoms. The van der Waals surface area contributed by atoms with Crippen molar-refractivity contribution in [3.05, 3.63) is 34.9 Å². The van der Waals surface area contributed by atoms with Crippen molar-refractivity contribution in [3.8, 4) is 0 Å². The standard InChI is InChI=1S/C19H24N4O4/c1-11(3-2-8-20)21-10-12-4-5-13-14(9-12)19(27)23(18(13)26)15-6-7-16(24)22-17(15)25/h4-5,9,11,15,21H,2-3,6-8,10,20H2,1H3,(H,22,24,25). The first-order valence-electron chi connectivity index (χ1n) is 9.20. The molecule has 1 aromatic carbocycles. The molecule has 0 spiro atoms. The van der Waals surface area contributed by atoms with Gasteiger partial charge in [0.05, 0.1) is 11.1 Å². The highest BCUT2D eigenvalue weighted by Crippen LogP contribution is 2.28. The summed E-state index contributed by atoms with van der Waals surface area (Å²) < 4.78 is 0. The second kappa shape index (κ2) is 7.98. The first-order valence-corrected chi connectivity index (χ1v) is 9.20. The third-order valence-electron chi connectivity index (χ3n) is 5.00. The Morgan fingerprint density at radius 2 is 1.96 bits per heavy atom. The van der Waals surface area contributed by atoms with Crippen LogP contribution in [0.5, 0.6) is 0 Å². The van der Waals surface area contributed by atoms with Gasteiger partial charge in [0.1, 0.15) is 6.04 Å². The van der Waals surface area contributed by atoms with Gasteiger partial charge in [0, 0.05) is 19.0 Å². The van der Waals surface area contributed by atoms with Gasteiger partial charge in [-0.15, -0.1) is 0 Å². The second-order valence-corrected chi connectivity index (χ2v) is 7.04. The summed E-state index contributed by atoms with van der Waals surface area (Å²) >= 11 is 0. The molecule has 144 valence electrons. The predicted octanol–water partition coefficient (Wildman–Crippen LogP) is 0.305. The topological polar surface area (TPSA) is 122 Å². The van der Waals surface area contributed by atoms with Gasteiger partial charge in [0.15, 0.2) is 0 Å². The summed E-state index contributed by atoms with van der Waals surface area (Å²) in [5, 5.41) is 5.56. The molecule has 2 atom stereocenters. The largest absolute Gasteiger partial charge is 0.330 e. The lowest BCUT2D eigenvalue weighted by molar-refractivity contribution is -0.136. The summed E-state index contributed by atoms with van der Waals surface area (Å²) in [6.07, 6.45) is 2.16. The van der Waals surface area contributed by atoms with Crippen LogP contribution in [0.25, 0.3) is 0 Å². The van der Waals surface area contributed by atoms with Gasteiger partial charge in [0.25, 0.3) is 11.8 Å². The lowest BCUT2D eigenvalue weighted by atomic mass is 10.0. The Morgan fingerprint density at radius 3 is 2.67 bits per heavy atom. The zero-order valence-electron chi connectivity index (χ0n) is 15.3. The van der Waals surface area contributed by atoms with Crippen molar-refractivity contribution in [2.24, 2.45) is 5.73 Å². The van der Waals surface area contributed by atoms with Crippen LogP contribution in [-0.4, -0.2) is 47.2 Å². The van der Waals surface area contributed by atoms with E-state index in [1.807, 2.05) is 0 Å². The van der Waals surface area contributed by atoms with E-state index in [1.165, 1.54) is 0 Å². The van der Waals surface area contributed by atoms with Gasteiger partial charge in [-0.1, -0.05) is 6.07 Å². The number of carbonyl (C=O) groups excluding carboxylic acids is 4. The van der Waals surface area contributed by atoms with E-state index >= 15 is 0 Å². The molecule has 8 nitrogen and oxygen atoms in total. The molecule has 0 aromatic heterocycles. The molecule has 1 saturated heterocycles. The Morgan fingerprint density at radius 1 is 1.22 bits per heavy atom. The molecule has 2 heterocycles. The van der Waals surface area contributed by atoms with Crippen LogP contribution in [0.4, 0.5) is 0 Å². The second-order valence-electron chi connectivity index (χ2n) is 7.04. The Balaban J connectivity index is 1.73. The highest BCUT2D eigenvalue weighted by Gasteiger charge is 2.44. The minimum absolute atomic E-state index is 0.111. The Kier molecular flexibility index (Phi) is 5.67. The van der Waals surface area contributed by atoms with E-state index in [1.54, 1.807) is 18.2 Å².